The van der Waals surface area contributed by atoms with Crippen molar-refractivity contribution in [2.24, 2.45) is 0 Å². The molecule has 27 heavy (non-hydrogen) atoms. The molecule has 2 aromatic heterocycles. The zero-order valence-corrected chi connectivity index (χ0v) is 15.9. The summed E-state index contributed by atoms with van der Waals surface area (Å²) in [6.07, 6.45) is 2.24. The number of ether oxygens (including phenoxy) is 3. The minimum atomic E-state index is -0.671. The first kappa shape index (κ1) is 18.7. The Morgan fingerprint density at radius 2 is 2.07 bits per heavy atom. The number of esters is 1. The Balaban J connectivity index is 1.66. The van der Waals surface area contributed by atoms with Crippen molar-refractivity contribution in [2.45, 2.75) is 13.0 Å². The molecule has 0 fully saturated rings. The molecule has 0 amide bonds. The van der Waals surface area contributed by atoms with Crippen molar-refractivity contribution in [1.82, 2.24) is 10.2 Å². The second-order valence-corrected chi connectivity index (χ2v) is 6.39. The average Bonchev–Trinajstić information content (AvgIpc) is 3.37. The largest absolute Gasteiger partial charge is 0.497 e. The van der Waals surface area contributed by atoms with E-state index in [4.69, 9.17) is 18.6 Å². The van der Waals surface area contributed by atoms with Gasteiger partial charge in [0.05, 0.1) is 19.1 Å². The highest BCUT2D eigenvalue weighted by Crippen LogP contribution is 2.27. The molecule has 0 unspecified atom stereocenters. The number of aromatic nitrogens is 2. The van der Waals surface area contributed by atoms with Gasteiger partial charge in [0.2, 0.25) is 0 Å². The molecule has 0 spiro atoms. The molecular formula is C19H18N2O5S. The SMILES string of the molecule is COc1ccc(OC)c(/C=C/C(=O)O[C@@H](C)c2nnc(-c3cccs3)o2)c1. The number of methoxy groups -OCH3 is 2. The Morgan fingerprint density at radius 1 is 1.22 bits per heavy atom. The number of nitrogens with zero attached hydrogens (tertiary/aromatic N) is 2. The fourth-order valence-electron chi connectivity index (χ4n) is 2.29. The molecule has 2 heterocycles. The van der Waals surface area contributed by atoms with Crippen LogP contribution in [0.4, 0.5) is 0 Å². The maximum absolute atomic E-state index is 12.1. The second-order valence-electron chi connectivity index (χ2n) is 5.44. The van der Waals surface area contributed by atoms with Gasteiger partial charge in [0.1, 0.15) is 11.5 Å². The van der Waals surface area contributed by atoms with E-state index in [1.165, 1.54) is 17.4 Å². The van der Waals surface area contributed by atoms with Gasteiger partial charge in [-0.25, -0.2) is 4.79 Å². The van der Waals surface area contributed by atoms with Crippen molar-refractivity contribution in [3.8, 4) is 22.3 Å². The highest BCUT2D eigenvalue weighted by atomic mass is 32.1. The summed E-state index contributed by atoms with van der Waals surface area (Å²) in [5, 5.41) is 9.84. The van der Waals surface area contributed by atoms with E-state index in [0.29, 0.717) is 23.0 Å². The van der Waals surface area contributed by atoms with Crippen LogP contribution >= 0.6 is 11.3 Å². The van der Waals surface area contributed by atoms with Gasteiger partial charge in [-0.05, 0) is 42.6 Å². The predicted molar refractivity (Wildman–Crippen MR) is 101 cm³/mol. The summed E-state index contributed by atoms with van der Waals surface area (Å²) < 4.78 is 21.4. The summed E-state index contributed by atoms with van der Waals surface area (Å²) in [5.41, 5.74) is 0.694. The molecule has 0 aliphatic carbocycles. The highest BCUT2D eigenvalue weighted by Gasteiger charge is 2.18. The lowest BCUT2D eigenvalue weighted by Gasteiger charge is -2.08. The molecule has 0 bridgehead atoms. The van der Waals surface area contributed by atoms with Crippen LogP contribution < -0.4 is 9.47 Å². The van der Waals surface area contributed by atoms with E-state index in [1.807, 2.05) is 17.5 Å². The maximum Gasteiger partial charge on any atom is 0.331 e. The summed E-state index contributed by atoms with van der Waals surface area (Å²) in [5.74, 6) is 1.37. The van der Waals surface area contributed by atoms with Gasteiger partial charge in [0.25, 0.3) is 11.8 Å². The molecule has 0 saturated carbocycles. The molecule has 1 aromatic carbocycles. The van der Waals surface area contributed by atoms with Crippen LogP contribution in [0.3, 0.4) is 0 Å². The van der Waals surface area contributed by atoms with Crippen molar-refractivity contribution in [1.29, 1.82) is 0 Å². The van der Waals surface area contributed by atoms with Crippen molar-refractivity contribution >= 4 is 23.4 Å². The van der Waals surface area contributed by atoms with Crippen LogP contribution in [-0.4, -0.2) is 30.4 Å². The maximum atomic E-state index is 12.1. The summed E-state index contributed by atoms with van der Waals surface area (Å²) in [4.78, 5) is 13.0. The topological polar surface area (TPSA) is 83.7 Å². The fraction of sp³-hybridized carbons (Fsp3) is 0.211. The first-order chi connectivity index (χ1) is 13.1. The summed E-state index contributed by atoms with van der Waals surface area (Å²) >= 11 is 1.49. The lowest BCUT2D eigenvalue weighted by atomic mass is 10.1. The smallest absolute Gasteiger partial charge is 0.331 e. The minimum absolute atomic E-state index is 0.235. The molecule has 3 aromatic rings. The summed E-state index contributed by atoms with van der Waals surface area (Å²) in [7, 11) is 3.13. The standard InChI is InChI=1S/C19H18N2O5S/c1-12(18-20-21-19(26-18)16-5-4-10-27-16)25-17(22)9-6-13-11-14(23-2)7-8-15(13)24-3/h4-12H,1-3H3/b9-6+/t12-/m0/s1. The van der Waals surface area contributed by atoms with E-state index < -0.39 is 12.1 Å². The molecule has 0 aliphatic heterocycles. The summed E-state index contributed by atoms with van der Waals surface area (Å²) in [6, 6.07) is 9.07. The van der Waals surface area contributed by atoms with Crippen LogP contribution in [-0.2, 0) is 9.53 Å². The van der Waals surface area contributed by atoms with Gasteiger partial charge in [-0.15, -0.1) is 21.5 Å². The van der Waals surface area contributed by atoms with Gasteiger partial charge < -0.3 is 18.6 Å². The molecule has 0 radical (unpaired) electrons. The zero-order chi connectivity index (χ0) is 19.2. The van der Waals surface area contributed by atoms with Crippen LogP contribution in [0.1, 0.15) is 24.5 Å². The van der Waals surface area contributed by atoms with E-state index in [9.17, 15) is 4.79 Å². The molecule has 8 heteroatoms. The molecule has 140 valence electrons. The molecule has 7 nitrogen and oxygen atoms in total. The predicted octanol–water partition coefficient (Wildman–Crippen LogP) is 4.13. The Morgan fingerprint density at radius 3 is 2.78 bits per heavy atom. The van der Waals surface area contributed by atoms with Crippen LogP contribution in [0.5, 0.6) is 11.5 Å². The first-order valence-electron chi connectivity index (χ1n) is 8.08. The third-order valence-electron chi connectivity index (χ3n) is 3.65. The van der Waals surface area contributed by atoms with Gasteiger partial charge in [-0.3, -0.25) is 0 Å². The highest BCUT2D eigenvalue weighted by molar-refractivity contribution is 7.13. The molecular weight excluding hydrogens is 368 g/mol. The number of carbonyl (C=O) groups is 1. The van der Waals surface area contributed by atoms with Crippen LogP contribution in [0.2, 0.25) is 0 Å². The Bertz CT molecular complexity index is 933. The monoisotopic (exact) mass is 386 g/mol. The van der Waals surface area contributed by atoms with E-state index in [2.05, 4.69) is 10.2 Å². The second kappa shape index (κ2) is 8.50. The average molecular weight is 386 g/mol. The van der Waals surface area contributed by atoms with Crippen molar-refractivity contribution in [3.63, 3.8) is 0 Å². The number of rotatable bonds is 7. The Labute approximate surface area is 160 Å². The normalized spacial score (nSPS) is 12.1. The number of hydrogen-bond acceptors (Lipinski definition) is 8. The van der Waals surface area contributed by atoms with Crippen molar-refractivity contribution < 1.29 is 23.4 Å². The van der Waals surface area contributed by atoms with Crippen LogP contribution in [0.15, 0.2) is 46.2 Å². The zero-order valence-electron chi connectivity index (χ0n) is 15.0. The molecule has 0 saturated heterocycles. The van der Waals surface area contributed by atoms with Crippen LogP contribution in [0, 0.1) is 0 Å². The molecule has 0 N–H and O–H groups in total. The van der Waals surface area contributed by atoms with Gasteiger partial charge in [0.15, 0.2) is 6.10 Å². The van der Waals surface area contributed by atoms with Gasteiger partial charge in [0, 0.05) is 11.6 Å². The Kier molecular flexibility index (Phi) is 5.87. The molecule has 1 atom stereocenters. The van der Waals surface area contributed by atoms with E-state index in [1.54, 1.807) is 45.4 Å². The third-order valence-corrected chi connectivity index (χ3v) is 4.51. The van der Waals surface area contributed by atoms with Crippen molar-refractivity contribution in [2.75, 3.05) is 14.2 Å². The minimum Gasteiger partial charge on any atom is -0.497 e. The van der Waals surface area contributed by atoms with Gasteiger partial charge >= 0.3 is 5.97 Å². The molecule has 3 rings (SSSR count). The van der Waals surface area contributed by atoms with E-state index in [-0.39, 0.29) is 5.89 Å². The van der Waals surface area contributed by atoms with E-state index in [0.717, 1.165) is 4.88 Å². The first-order valence-corrected chi connectivity index (χ1v) is 8.96. The number of hydrogen-bond donors (Lipinski definition) is 0. The summed E-state index contributed by atoms with van der Waals surface area (Å²) in [6.45, 7) is 1.67. The quantitative estimate of drug-likeness (QED) is 0.446. The fourth-order valence-corrected chi connectivity index (χ4v) is 2.93. The lowest BCUT2D eigenvalue weighted by Crippen LogP contribution is -2.06. The number of carbonyl (C=O) groups excluding carboxylic acids is 1. The number of benzene rings is 1. The van der Waals surface area contributed by atoms with Gasteiger partial charge in [-0.1, -0.05) is 6.07 Å². The van der Waals surface area contributed by atoms with Crippen molar-refractivity contribution in [3.05, 3.63) is 53.2 Å². The molecule has 0 aliphatic rings. The van der Waals surface area contributed by atoms with E-state index >= 15 is 0 Å². The van der Waals surface area contributed by atoms with Gasteiger partial charge in [-0.2, -0.15) is 0 Å². The Hall–Kier alpha value is -3.13. The third kappa shape index (κ3) is 4.53. The van der Waals surface area contributed by atoms with Crippen LogP contribution in [0.25, 0.3) is 16.8 Å². The lowest BCUT2D eigenvalue weighted by molar-refractivity contribution is -0.143. The number of thiophene rings is 1.